The minimum atomic E-state index is -0.218. The molecule has 0 unspecified atom stereocenters. The SMILES string of the molecule is CCN(C)C=Nc1cc(C)c(Cc2cccc(F)c2)cc1Cl. The van der Waals surface area contributed by atoms with Gasteiger partial charge < -0.3 is 4.90 Å². The first kappa shape index (κ1) is 16.5. The Hall–Kier alpha value is -1.87. The van der Waals surface area contributed by atoms with Gasteiger partial charge in [0, 0.05) is 13.6 Å². The highest BCUT2D eigenvalue weighted by molar-refractivity contribution is 6.33. The number of aliphatic imine (C=N–C) groups is 1. The van der Waals surface area contributed by atoms with Crippen LogP contribution in [0.2, 0.25) is 5.02 Å². The second kappa shape index (κ2) is 7.41. The molecular weight excluding hydrogens is 299 g/mol. The fourth-order valence-electron chi connectivity index (χ4n) is 2.11. The lowest BCUT2D eigenvalue weighted by Crippen LogP contribution is -2.14. The quantitative estimate of drug-likeness (QED) is 0.560. The Balaban J connectivity index is 2.24. The van der Waals surface area contributed by atoms with E-state index in [0.717, 1.165) is 28.9 Å². The summed E-state index contributed by atoms with van der Waals surface area (Å²) in [7, 11) is 1.96. The van der Waals surface area contributed by atoms with E-state index in [1.807, 2.05) is 37.1 Å². The molecule has 2 nitrogen and oxygen atoms in total. The van der Waals surface area contributed by atoms with Crippen molar-refractivity contribution in [2.24, 2.45) is 4.99 Å². The molecule has 0 aliphatic heterocycles. The minimum absolute atomic E-state index is 0.218. The van der Waals surface area contributed by atoms with Gasteiger partial charge in [-0.1, -0.05) is 23.7 Å². The number of nitrogens with zero attached hydrogens (tertiary/aromatic N) is 2. The van der Waals surface area contributed by atoms with Crippen LogP contribution in [-0.4, -0.2) is 24.8 Å². The van der Waals surface area contributed by atoms with Gasteiger partial charge in [-0.2, -0.15) is 0 Å². The van der Waals surface area contributed by atoms with Gasteiger partial charge in [0.25, 0.3) is 0 Å². The highest BCUT2D eigenvalue weighted by atomic mass is 35.5. The highest BCUT2D eigenvalue weighted by Crippen LogP contribution is 2.29. The monoisotopic (exact) mass is 318 g/mol. The molecule has 0 aliphatic carbocycles. The first-order valence-electron chi connectivity index (χ1n) is 7.27. The van der Waals surface area contributed by atoms with E-state index < -0.39 is 0 Å². The standard InChI is InChI=1S/C18H20ClFN2/c1-4-22(3)12-21-18-8-13(2)15(11-17(18)19)9-14-6-5-7-16(20)10-14/h5-8,10-12H,4,9H2,1-3H3. The number of benzene rings is 2. The molecule has 0 atom stereocenters. The zero-order valence-corrected chi connectivity index (χ0v) is 13.9. The zero-order valence-electron chi connectivity index (χ0n) is 13.1. The highest BCUT2D eigenvalue weighted by Gasteiger charge is 2.07. The van der Waals surface area contributed by atoms with Crippen LogP contribution < -0.4 is 0 Å². The molecule has 2 rings (SSSR count). The maximum Gasteiger partial charge on any atom is 0.123 e. The predicted molar refractivity (Wildman–Crippen MR) is 91.9 cm³/mol. The van der Waals surface area contributed by atoms with E-state index >= 15 is 0 Å². The third-order valence-corrected chi connectivity index (χ3v) is 3.88. The Labute approximate surface area is 136 Å². The van der Waals surface area contributed by atoms with Crippen LogP contribution in [0.4, 0.5) is 10.1 Å². The van der Waals surface area contributed by atoms with E-state index in [0.29, 0.717) is 11.4 Å². The van der Waals surface area contributed by atoms with E-state index in [4.69, 9.17) is 11.6 Å². The Bertz CT molecular complexity index is 683. The molecule has 0 saturated heterocycles. The number of aryl methyl sites for hydroxylation is 1. The third kappa shape index (κ3) is 4.31. The van der Waals surface area contributed by atoms with E-state index in [9.17, 15) is 4.39 Å². The molecule has 22 heavy (non-hydrogen) atoms. The van der Waals surface area contributed by atoms with Gasteiger partial charge in [0.15, 0.2) is 0 Å². The number of halogens is 2. The molecule has 0 spiro atoms. The largest absolute Gasteiger partial charge is 0.366 e. The fourth-order valence-corrected chi connectivity index (χ4v) is 2.34. The van der Waals surface area contributed by atoms with Gasteiger partial charge in [-0.15, -0.1) is 0 Å². The van der Waals surface area contributed by atoms with Gasteiger partial charge >= 0.3 is 0 Å². The van der Waals surface area contributed by atoms with Gasteiger partial charge in [-0.3, -0.25) is 0 Å². The summed E-state index contributed by atoms with van der Waals surface area (Å²) in [6.07, 6.45) is 2.43. The molecule has 0 radical (unpaired) electrons. The maximum absolute atomic E-state index is 13.3. The molecule has 0 N–H and O–H groups in total. The van der Waals surface area contributed by atoms with Gasteiger partial charge in [0.1, 0.15) is 5.82 Å². The Morgan fingerprint density at radius 2 is 2.05 bits per heavy atom. The predicted octanol–water partition coefficient (Wildman–Crippen LogP) is 4.99. The summed E-state index contributed by atoms with van der Waals surface area (Å²) in [5, 5.41) is 0.609. The topological polar surface area (TPSA) is 15.6 Å². The molecule has 0 heterocycles. The zero-order chi connectivity index (χ0) is 16.1. The molecule has 0 aromatic heterocycles. The summed E-state index contributed by atoms with van der Waals surface area (Å²) in [5.74, 6) is -0.218. The van der Waals surface area contributed by atoms with Crippen LogP contribution >= 0.6 is 11.6 Å². The second-order valence-corrected chi connectivity index (χ2v) is 5.76. The van der Waals surface area contributed by atoms with E-state index in [-0.39, 0.29) is 5.82 Å². The second-order valence-electron chi connectivity index (χ2n) is 5.35. The lowest BCUT2D eigenvalue weighted by atomic mass is 10.00. The first-order valence-corrected chi connectivity index (χ1v) is 7.65. The molecule has 2 aromatic carbocycles. The Kier molecular flexibility index (Phi) is 5.56. The summed E-state index contributed by atoms with van der Waals surface area (Å²) < 4.78 is 13.3. The lowest BCUT2D eigenvalue weighted by molar-refractivity contribution is 0.552. The van der Waals surface area contributed by atoms with Crippen molar-refractivity contribution in [1.29, 1.82) is 0 Å². The van der Waals surface area contributed by atoms with Crippen molar-refractivity contribution >= 4 is 23.6 Å². The summed E-state index contributed by atoms with van der Waals surface area (Å²) in [6, 6.07) is 10.5. The van der Waals surface area contributed by atoms with Crippen LogP contribution in [0.3, 0.4) is 0 Å². The molecule has 0 saturated carbocycles. The lowest BCUT2D eigenvalue weighted by Gasteiger charge is -2.11. The van der Waals surface area contributed by atoms with Crippen molar-refractivity contribution in [2.75, 3.05) is 13.6 Å². The smallest absolute Gasteiger partial charge is 0.123 e. The van der Waals surface area contributed by atoms with Crippen LogP contribution in [0.25, 0.3) is 0 Å². The van der Waals surface area contributed by atoms with Crippen LogP contribution in [0, 0.1) is 12.7 Å². The normalized spacial score (nSPS) is 11.1. The van der Waals surface area contributed by atoms with Gasteiger partial charge in [-0.25, -0.2) is 9.38 Å². The molecule has 0 bridgehead atoms. The van der Waals surface area contributed by atoms with Crippen molar-refractivity contribution in [3.05, 3.63) is 63.9 Å². The summed E-state index contributed by atoms with van der Waals surface area (Å²) in [6.45, 7) is 4.96. The van der Waals surface area contributed by atoms with Crippen molar-refractivity contribution in [1.82, 2.24) is 4.90 Å². The summed E-state index contributed by atoms with van der Waals surface area (Å²) >= 11 is 6.32. The van der Waals surface area contributed by atoms with Crippen LogP contribution in [0.5, 0.6) is 0 Å². The first-order chi connectivity index (χ1) is 10.5. The number of rotatable bonds is 5. The summed E-state index contributed by atoms with van der Waals surface area (Å²) in [4.78, 5) is 6.39. The Morgan fingerprint density at radius 1 is 1.27 bits per heavy atom. The molecule has 0 fully saturated rings. The minimum Gasteiger partial charge on any atom is -0.366 e. The van der Waals surface area contributed by atoms with Crippen LogP contribution in [-0.2, 0) is 6.42 Å². The summed E-state index contributed by atoms with van der Waals surface area (Å²) in [5.41, 5.74) is 3.86. The maximum atomic E-state index is 13.3. The van der Waals surface area contributed by atoms with Crippen molar-refractivity contribution in [2.45, 2.75) is 20.3 Å². The molecule has 4 heteroatoms. The third-order valence-electron chi connectivity index (χ3n) is 3.58. The van der Waals surface area contributed by atoms with Gasteiger partial charge in [-0.05, 0) is 61.2 Å². The van der Waals surface area contributed by atoms with Gasteiger partial charge in [0.2, 0.25) is 0 Å². The molecule has 0 amide bonds. The molecule has 2 aromatic rings. The average molecular weight is 319 g/mol. The fraction of sp³-hybridized carbons (Fsp3) is 0.278. The van der Waals surface area contributed by atoms with Crippen molar-refractivity contribution in [3.8, 4) is 0 Å². The van der Waals surface area contributed by atoms with E-state index in [1.165, 1.54) is 6.07 Å². The molecule has 116 valence electrons. The Morgan fingerprint density at radius 3 is 2.73 bits per heavy atom. The van der Waals surface area contributed by atoms with Crippen molar-refractivity contribution in [3.63, 3.8) is 0 Å². The average Bonchev–Trinajstić information content (AvgIpc) is 2.49. The van der Waals surface area contributed by atoms with E-state index in [2.05, 4.69) is 11.9 Å². The van der Waals surface area contributed by atoms with Gasteiger partial charge in [0.05, 0.1) is 17.0 Å². The van der Waals surface area contributed by atoms with Crippen molar-refractivity contribution < 1.29 is 4.39 Å². The van der Waals surface area contributed by atoms with Crippen LogP contribution in [0.1, 0.15) is 23.6 Å². The van der Waals surface area contributed by atoms with Crippen LogP contribution in [0.15, 0.2) is 41.4 Å². The van der Waals surface area contributed by atoms with E-state index in [1.54, 1.807) is 18.5 Å². The number of hydrogen-bond donors (Lipinski definition) is 0. The number of hydrogen-bond acceptors (Lipinski definition) is 1. The molecule has 0 aliphatic rings. The molecular formula is C18H20ClFN2.